The number of anilines is 1. The normalized spacial score (nSPS) is 10.5. The molecule has 1 rings (SSSR count). The van der Waals surface area contributed by atoms with Crippen molar-refractivity contribution in [3.8, 4) is 0 Å². The van der Waals surface area contributed by atoms with Crippen molar-refractivity contribution in [2.45, 2.75) is 19.8 Å². The van der Waals surface area contributed by atoms with Gasteiger partial charge in [-0.1, -0.05) is 13.3 Å². The second kappa shape index (κ2) is 7.44. The van der Waals surface area contributed by atoms with Gasteiger partial charge in [0.05, 0.1) is 18.6 Å². The lowest BCUT2D eigenvalue weighted by Crippen LogP contribution is -2.20. The Morgan fingerprint density at radius 3 is 2.65 bits per heavy atom. The first kappa shape index (κ1) is 15.9. The minimum atomic E-state index is -1.47. The third-order valence-corrected chi connectivity index (χ3v) is 3.40. The van der Waals surface area contributed by atoms with Crippen LogP contribution in [0.25, 0.3) is 0 Å². The van der Waals surface area contributed by atoms with Crippen molar-refractivity contribution in [2.75, 3.05) is 12.4 Å². The van der Waals surface area contributed by atoms with Crippen LogP contribution in [0.4, 0.5) is 5.00 Å². The van der Waals surface area contributed by atoms with Crippen molar-refractivity contribution in [3.63, 3.8) is 0 Å². The maximum Gasteiger partial charge on any atom is 0.340 e. The number of aryl methyl sites for hydroxylation is 1. The van der Waals surface area contributed by atoms with Gasteiger partial charge in [-0.05, 0) is 18.6 Å². The van der Waals surface area contributed by atoms with Crippen LogP contribution in [-0.4, -0.2) is 25.0 Å². The molecule has 0 aliphatic rings. The fourth-order valence-corrected chi connectivity index (χ4v) is 2.61. The number of ether oxygens (including phenoxy) is 1. The van der Waals surface area contributed by atoms with Crippen molar-refractivity contribution >= 4 is 34.2 Å². The summed E-state index contributed by atoms with van der Waals surface area (Å²) in [6.07, 6.45) is 3.13. The largest absolute Gasteiger partial charge is 0.545 e. The van der Waals surface area contributed by atoms with E-state index in [1.807, 2.05) is 6.92 Å². The Morgan fingerprint density at radius 1 is 1.40 bits per heavy atom. The highest BCUT2D eigenvalue weighted by molar-refractivity contribution is 7.16. The van der Waals surface area contributed by atoms with Gasteiger partial charge in [-0.3, -0.25) is 4.79 Å². The molecular weight excluding hydrogens is 282 g/mol. The molecule has 1 aromatic heterocycles. The number of nitrogens with one attached hydrogen (secondary N) is 1. The van der Waals surface area contributed by atoms with E-state index in [2.05, 4.69) is 10.1 Å². The summed E-state index contributed by atoms with van der Waals surface area (Å²) in [5, 5.41) is 13.0. The summed E-state index contributed by atoms with van der Waals surface area (Å²) in [4.78, 5) is 34.3. The molecule has 0 spiro atoms. The number of rotatable bonds is 6. The van der Waals surface area contributed by atoms with Gasteiger partial charge in [-0.2, -0.15) is 0 Å². The first-order chi connectivity index (χ1) is 9.47. The first-order valence-corrected chi connectivity index (χ1v) is 6.70. The second-order valence-corrected chi connectivity index (χ2v) is 4.98. The van der Waals surface area contributed by atoms with E-state index in [0.29, 0.717) is 11.1 Å². The number of methoxy groups -OCH3 is 1. The summed E-state index contributed by atoms with van der Waals surface area (Å²) in [6, 6.07) is 1.66. The SMILES string of the molecule is CCCc1cc(C(=O)OC)c(NC(=O)C=CC(=O)[O-])s1. The number of amides is 1. The van der Waals surface area contributed by atoms with E-state index in [9.17, 15) is 19.5 Å². The Kier molecular flexibility index (Phi) is 5.92. The smallest absolute Gasteiger partial charge is 0.340 e. The van der Waals surface area contributed by atoms with Crippen LogP contribution in [0, 0.1) is 0 Å². The molecule has 20 heavy (non-hydrogen) atoms. The van der Waals surface area contributed by atoms with Crippen LogP contribution in [0.1, 0.15) is 28.6 Å². The molecule has 0 aliphatic heterocycles. The molecule has 0 aromatic carbocycles. The van der Waals surface area contributed by atoms with Crippen molar-refractivity contribution in [3.05, 3.63) is 28.7 Å². The van der Waals surface area contributed by atoms with Crippen LogP contribution >= 0.6 is 11.3 Å². The van der Waals surface area contributed by atoms with Crippen molar-refractivity contribution in [1.29, 1.82) is 0 Å². The molecule has 0 saturated heterocycles. The molecular formula is C13H14NO5S-. The van der Waals surface area contributed by atoms with E-state index in [1.165, 1.54) is 18.4 Å². The van der Waals surface area contributed by atoms with Crippen LogP contribution in [0.15, 0.2) is 18.2 Å². The molecule has 6 nitrogen and oxygen atoms in total. The number of carboxylic acids is 1. The second-order valence-electron chi connectivity index (χ2n) is 3.84. The van der Waals surface area contributed by atoms with E-state index >= 15 is 0 Å². The van der Waals surface area contributed by atoms with Gasteiger partial charge in [-0.15, -0.1) is 11.3 Å². The Labute approximate surface area is 120 Å². The standard InChI is InChI=1S/C13H15NO5S/c1-3-4-8-7-9(13(18)19-2)12(20-8)14-10(15)5-6-11(16)17/h5-7H,3-4H2,1-2H3,(H,14,15)(H,16,17)/p-1. The Balaban J connectivity index is 2.94. The third-order valence-electron chi connectivity index (χ3n) is 2.29. The maximum absolute atomic E-state index is 11.6. The zero-order valence-electron chi connectivity index (χ0n) is 11.1. The number of aliphatic carboxylic acids is 1. The van der Waals surface area contributed by atoms with Crippen LogP contribution in [0.2, 0.25) is 0 Å². The minimum absolute atomic E-state index is 0.260. The average molecular weight is 296 g/mol. The summed E-state index contributed by atoms with van der Waals surface area (Å²) in [7, 11) is 1.25. The topological polar surface area (TPSA) is 95.5 Å². The van der Waals surface area contributed by atoms with Gasteiger partial charge >= 0.3 is 5.97 Å². The highest BCUT2D eigenvalue weighted by Gasteiger charge is 2.17. The van der Waals surface area contributed by atoms with Crippen molar-refractivity contribution < 1.29 is 24.2 Å². The zero-order valence-corrected chi connectivity index (χ0v) is 11.9. The summed E-state index contributed by atoms with van der Waals surface area (Å²) in [6.45, 7) is 2.00. The Bertz CT molecular complexity index is 547. The van der Waals surface area contributed by atoms with E-state index in [-0.39, 0.29) is 5.56 Å². The highest BCUT2D eigenvalue weighted by atomic mass is 32.1. The summed E-state index contributed by atoms with van der Waals surface area (Å²) in [5.74, 6) is -2.67. The molecule has 0 fully saturated rings. The molecule has 1 amide bonds. The van der Waals surface area contributed by atoms with Gasteiger partial charge in [0.25, 0.3) is 0 Å². The lowest BCUT2D eigenvalue weighted by Gasteiger charge is -2.02. The van der Waals surface area contributed by atoms with Crippen LogP contribution in [0.3, 0.4) is 0 Å². The third kappa shape index (κ3) is 4.51. The minimum Gasteiger partial charge on any atom is -0.545 e. The molecule has 1 N–H and O–H groups in total. The summed E-state index contributed by atoms with van der Waals surface area (Å²) in [5.41, 5.74) is 0.260. The number of thiophene rings is 1. The van der Waals surface area contributed by atoms with Crippen LogP contribution in [0.5, 0.6) is 0 Å². The number of hydrogen-bond acceptors (Lipinski definition) is 6. The molecule has 1 aromatic rings. The number of esters is 1. The molecule has 0 aliphatic carbocycles. The number of hydrogen-bond donors (Lipinski definition) is 1. The molecule has 0 radical (unpaired) electrons. The van der Waals surface area contributed by atoms with E-state index in [1.54, 1.807) is 6.07 Å². The fourth-order valence-electron chi connectivity index (χ4n) is 1.46. The van der Waals surface area contributed by atoms with Crippen LogP contribution < -0.4 is 10.4 Å². The van der Waals surface area contributed by atoms with Crippen molar-refractivity contribution in [1.82, 2.24) is 0 Å². The fraction of sp³-hybridized carbons (Fsp3) is 0.308. The van der Waals surface area contributed by atoms with Gasteiger partial charge in [-0.25, -0.2) is 4.79 Å². The van der Waals surface area contributed by atoms with Gasteiger partial charge in [0, 0.05) is 11.0 Å². The van der Waals surface area contributed by atoms with E-state index in [0.717, 1.165) is 23.8 Å². The van der Waals surface area contributed by atoms with Crippen LogP contribution in [-0.2, 0) is 20.7 Å². The maximum atomic E-state index is 11.6. The number of carbonyl (C=O) groups is 3. The van der Waals surface area contributed by atoms with Gasteiger partial charge in [0.1, 0.15) is 5.00 Å². The molecule has 1 heterocycles. The first-order valence-electron chi connectivity index (χ1n) is 5.89. The molecule has 0 saturated carbocycles. The lowest BCUT2D eigenvalue weighted by molar-refractivity contribution is -0.297. The predicted octanol–water partition coefficient (Wildman–Crippen LogP) is 0.732. The quantitative estimate of drug-likeness (QED) is 0.617. The predicted molar refractivity (Wildman–Crippen MR) is 72.4 cm³/mol. The Hall–Kier alpha value is -2.15. The highest BCUT2D eigenvalue weighted by Crippen LogP contribution is 2.29. The molecule has 0 bridgehead atoms. The molecule has 108 valence electrons. The van der Waals surface area contributed by atoms with E-state index in [4.69, 9.17) is 0 Å². The Morgan fingerprint density at radius 2 is 2.10 bits per heavy atom. The average Bonchev–Trinajstić information content (AvgIpc) is 2.78. The summed E-state index contributed by atoms with van der Waals surface area (Å²) < 4.78 is 4.64. The van der Waals surface area contributed by atoms with Gasteiger partial charge in [0.2, 0.25) is 5.91 Å². The van der Waals surface area contributed by atoms with E-state index < -0.39 is 17.8 Å². The number of carbonyl (C=O) groups excluding carboxylic acids is 3. The molecule has 7 heteroatoms. The van der Waals surface area contributed by atoms with Crippen molar-refractivity contribution in [2.24, 2.45) is 0 Å². The monoisotopic (exact) mass is 296 g/mol. The van der Waals surface area contributed by atoms with Gasteiger partial charge in [0.15, 0.2) is 0 Å². The van der Waals surface area contributed by atoms with Gasteiger partial charge < -0.3 is 20.0 Å². The number of carboxylic acid groups (broad SMARTS) is 1. The molecule has 0 unspecified atom stereocenters. The lowest BCUT2D eigenvalue weighted by atomic mass is 10.2. The zero-order chi connectivity index (χ0) is 15.1. The molecule has 0 atom stereocenters. The summed E-state index contributed by atoms with van der Waals surface area (Å²) >= 11 is 1.26.